The molecule has 2 atom stereocenters. The van der Waals surface area contributed by atoms with Crippen LogP contribution in [0.25, 0.3) is 22.2 Å². The van der Waals surface area contributed by atoms with E-state index in [2.05, 4.69) is 16.5 Å². The molecule has 2 heterocycles. The summed E-state index contributed by atoms with van der Waals surface area (Å²) >= 11 is 0. The van der Waals surface area contributed by atoms with Crippen molar-refractivity contribution in [1.29, 1.82) is 0 Å². The van der Waals surface area contributed by atoms with Crippen LogP contribution in [0.1, 0.15) is 44.7 Å². The van der Waals surface area contributed by atoms with Crippen LogP contribution in [0.5, 0.6) is 0 Å². The van der Waals surface area contributed by atoms with Crippen molar-refractivity contribution in [3.63, 3.8) is 0 Å². The molecule has 3 aromatic rings. The highest BCUT2D eigenvalue weighted by atomic mass is 19.1. The third-order valence-corrected chi connectivity index (χ3v) is 4.84. The van der Waals surface area contributed by atoms with Gasteiger partial charge in [-0.05, 0) is 75.9 Å². The fraction of sp³-hybridized carbons (Fsp3) is 0.381. The van der Waals surface area contributed by atoms with Gasteiger partial charge < -0.3 is 9.67 Å². The standard InChI is InChI=1S/C21H25FN2O/c1-14(6-4-7-15(2)25)24-20-10-9-18(22)12-19(20)16(3)21(24)17-8-5-11-23-13-17/h5,8-15,25H,4,6-7H2,1-3H3. The van der Waals surface area contributed by atoms with Crippen LogP contribution in [0.15, 0.2) is 42.7 Å². The number of hydrogen-bond donors (Lipinski definition) is 1. The maximum absolute atomic E-state index is 13.8. The molecular weight excluding hydrogens is 315 g/mol. The Labute approximate surface area is 148 Å². The summed E-state index contributed by atoms with van der Waals surface area (Å²) in [6, 6.07) is 9.22. The molecule has 0 saturated carbocycles. The van der Waals surface area contributed by atoms with Crippen LogP contribution < -0.4 is 0 Å². The van der Waals surface area contributed by atoms with Gasteiger partial charge in [-0.2, -0.15) is 0 Å². The first-order valence-electron chi connectivity index (χ1n) is 8.87. The van der Waals surface area contributed by atoms with Crippen molar-refractivity contribution in [1.82, 2.24) is 9.55 Å². The van der Waals surface area contributed by atoms with Gasteiger partial charge >= 0.3 is 0 Å². The van der Waals surface area contributed by atoms with Gasteiger partial charge in [0.1, 0.15) is 5.82 Å². The Bertz CT molecular complexity index is 855. The third kappa shape index (κ3) is 3.59. The van der Waals surface area contributed by atoms with Crippen LogP contribution in [0.2, 0.25) is 0 Å². The number of rotatable bonds is 6. The monoisotopic (exact) mass is 340 g/mol. The van der Waals surface area contributed by atoms with Crippen LogP contribution in [0.4, 0.5) is 4.39 Å². The van der Waals surface area contributed by atoms with E-state index in [1.165, 1.54) is 6.07 Å². The van der Waals surface area contributed by atoms with Gasteiger partial charge in [0.2, 0.25) is 0 Å². The van der Waals surface area contributed by atoms with Gasteiger partial charge in [-0.1, -0.05) is 0 Å². The molecule has 25 heavy (non-hydrogen) atoms. The predicted octanol–water partition coefficient (Wildman–Crippen LogP) is 5.26. The highest BCUT2D eigenvalue weighted by Gasteiger charge is 2.20. The summed E-state index contributed by atoms with van der Waals surface area (Å²) in [4.78, 5) is 4.26. The van der Waals surface area contributed by atoms with Gasteiger partial charge in [0.25, 0.3) is 0 Å². The highest BCUT2D eigenvalue weighted by molar-refractivity contribution is 5.91. The number of benzene rings is 1. The van der Waals surface area contributed by atoms with Crippen molar-refractivity contribution in [2.24, 2.45) is 0 Å². The third-order valence-electron chi connectivity index (χ3n) is 4.84. The molecule has 0 aliphatic carbocycles. The summed E-state index contributed by atoms with van der Waals surface area (Å²) in [5, 5.41) is 10.5. The molecule has 0 bridgehead atoms. The average molecular weight is 340 g/mol. The van der Waals surface area contributed by atoms with Gasteiger partial charge in [0.05, 0.1) is 11.8 Å². The molecule has 0 amide bonds. The zero-order valence-electron chi connectivity index (χ0n) is 15.0. The molecule has 0 spiro atoms. The van der Waals surface area contributed by atoms with Crippen LogP contribution in [-0.4, -0.2) is 20.8 Å². The lowest BCUT2D eigenvalue weighted by Crippen LogP contribution is -2.08. The summed E-state index contributed by atoms with van der Waals surface area (Å²) in [6.07, 6.45) is 6.04. The van der Waals surface area contributed by atoms with Crippen molar-refractivity contribution in [2.75, 3.05) is 0 Å². The minimum atomic E-state index is -0.276. The molecule has 1 aromatic carbocycles. The number of pyridine rings is 1. The van der Waals surface area contributed by atoms with Crippen molar-refractivity contribution in [3.05, 3.63) is 54.1 Å². The number of nitrogens with zero attached hydrogens (tertiary/aromatic N) is 2. The zero-order chi connectivity index (χ0) is 18.0. The molecule has 1 N–H and O–H groups in total. The number of hydrogen-bond acceptors (Lipinski definition) is 2. The average Bonchev–Trinajstić information content (AvgIpc) is 2.87. The first-order chi connectivity index (χ1) is 12.0. The lowest BCUT2D eigenvalue weighted by molar-refractivity contribution is 0.178. The molecule has 0 radical (unpaired) electrons. The van der Waals surface area contributed by atoms with Crippen LogP contribution >= 0.6 is 0 Å². The topological polar surface area (TPSA) is 38.0 Å². The molecular formula is C21H25FN2O. The van der Waals surface area contributed by atoms with Gasteiger partial charge in [-0.25, -0.2) is 4.39 Å². The Morgan fingerprint density at radius 2 is 2.00 bits per heavy atom. The van der Waals surface area contributed by atoms with E-state index in [1.54, 1.807) is 12.3 Å². The van der Waals surface area contributed by atoms with Crippen LogP contribution in [0.3, 0.4) is 0 Å². The van der Waals surface area contributed by atoms with E-state index in [1.807, 2.05) is 38.2 Å². The highest BCUT2D eigenvalue weighted by Crippen LogP contribution is 2.37. The number of aliphatic hydroxyl groups excluding tert-OH is 1. The minimum Gasteiger partial charge on any atom is -0.393 e. The molecule has 0 aliphatic rings. The SMILES string of the molecule is Cc1c(-c2cccnc2)n(C(C)CCCC(C)O)c2ccc(F)cc12. The fourth-order valence-corrected chi connectivity index (χ4v) is 3.60. The fourth-order valence-electron chi connectivity index (χ4n) is 3.60. The Morgan fingerprint density at radius 3 is 2.68 bits per heavy atom. The van der Waals surface area contributed by atoms with E-state index >= 15 is 0 Å². The van der Waals surface area contributed by atoms with Crippen molar-refractivity contribution in [3.8, 4) is 11.3 Å². The maximum Gasteiger partial charge on any atom is 0.123 e. The lowest BCUT2D eigenvalue weighted by Gasteiger charge is -2.20. The van der Waals surface area contributed by atoms with Crippen LogP contribution in [0, 0.1) is 12.7 Å². The van der Waals surface area contributed by atoms with Crippen LogP contribution in [-0.2, 0) is 0 Å². The van der Waals surface area contributed by atoms with E-state index < -0.39 is 0 Å². The van der Waals surface area contributed by atoms with Gasteiger partial charge in [0, 0.05) is 34.9 Å². The second-order valence-corrected chi connectivity index (χ2v) is 6.88. The van der Waals surface area contributed by atoms with Gasteiger partial charge in [0.15, 0.2) is 0 Å². The number of aliphatic hydroxyl groups is 1. The van der Waals surface area contributed by atoms with E-state index in [0.717, 1.165) is 47.0 Å². The second kappa shape index (κ2) is 7.36. The number of aryl methyl sites for hydroxylation is 1. The van der Waals surface area contributed by atoms with E-state index in [0.29, 0.717) is 0 Å². The molecule has 2 unspecified atom stereocenters. The first kappa shape index (κ1) is 17.6. The molecule has 132 valence electrons. The molecule has 4 heteroatoms. The Morgan fingerprint density at radius 1 is 1.20 bits per heavy atom. The van der Waals surface area contributed by atoms with Crippen molar-refractivity contribution >= 4 is 10.9 Å². The van der Waals surface area contributed by atoms with Gasteiger partial charge in [-0.15, -0.1) is 0 Å². The Balaban J connectivity index is 2.11. The second-order valence-electron chi connectivity index (χ2n) is 6.88. The van der Waals surface area contributed by atoms with Gasteiger partial charge in [-0.3, -0.25) is 4.98 Å². The quantitative estimate of drug-likeness (QED) is 0.664. The Hall–Kier alpha value is -2.20. The number of fused-ring (bicyclic) bond motifs is 1. The molecule has 2 aromatic heterocycles. The normalized spacial score (nSPS) is 14.0. The molecule has 0 fully saturated rings. The summed E-state index contributed by atoms with van der Waals surface area (Å²) < 4.78 is 16.1. The van der Waals surface area contributed by atoms with E-state index in [9.17, 15) is 9.50 Å². The van der Waals surface area contributed by atoms with E-state index in [4.69, 9.17) is 0 Å². The minimum absolute atomic E-state index is 0.216. The first-order valence-corrected chi connectivity index (χ1v) is 8.87. The lowest BCUT2D eigenvalue weighted by atomic mass is 10.1. The largest absolute Gasteiger partial charge is 0.393 e. The predicted molar refractivity (Wildman–Crippen MR) is 100 cm³/mol. The zero-order valence-corrected chi connectivity index (χ0v) is 15.0. The number of aromatic nitrogens is 2. The smallest absolute Gasteiger partial charge is 0.123 e. The Kier molecular flexibility index (Phi) is 5.19. The van der Waals surface area contributed by atoms with E-state index in [-0.39, 0.29) is 18.0 Å². The molecule has 3 rings (SSSR count). The summed E-state index contributed by atoms with van der Waals surface area (Å²) in [7, 11) is 0. The molecule has 0 saturated heterocycles. The molecule has 3 nitrogen and oxygen atoms in total. The van der Waals surface area contributed by atoms with Crippen molar-refractivity contribution < 1.29 is 9.50 Å². The van der Waals surface area contributed by atoms with Crippen molar-refractivity contribution in [2.45, 2.75) is 52.2 Å². The number of halogens is 1. The summed E-state index contributed by atoms with van der Waals surface area (Å²) in [6.45, 7) is 6.05. The molecule has 0 aliphatic heterocycles. The summed E-state index contributed by atoms with van der Waals surface area (Å²) in [5.41, 5.74) is 4.25. The summed E-state index contributed by atoms with van der Waals surface area (Å²) in [5.74, 6) is -0.216. The maximum atomic E-state index is 13.8.